The Hall–Kier alpha value is -1.47. The van der Waals surface area contributed by atoms with E-state index in [0.717, 1.165) is 24.5 Å². The van der Waals surface area contributed by atoms with E-state index in [9.17, 15) is 9.59 Å². The van der Waals surface area contributed by atoms with Gasteiger partial charge in [-0.05, 0) is 19.8 Å². The number of amides is 1. The first kappa shape index (κ1) is 14.0. The Bertz CT molecular complexity index is 468. The van der Waals surface area contributed by atoms with Gasteiger partial charge in [-0.2, -0.15) is 0 Å². The molecule has 0 radical (unpaired) electrons. The largest absolute Gasteiger partial charge is 0.480 e. The van der Waals surface area contributed by atoms with Crippen molar-refractivity contribution in [3.8, 4) is 0 Å². The van der Waals surface area contributed by atoms with Crippen LogP contribution in [0.1, 0.15) is 40.5 Å². The summed E-state index contributed by atoms with van der Waals surface area (Å²) in [6.45, 7) is 2.55. The maximum absolute atomic E-state index is 12.1. The average Bonchev–Trinajstić information content (AvgIpc) is 3.04. The van der Waals surface area contributed by atoms with Gasteiger partial charge >= 0.3 is 5.97 Å². The zero-order chi connectivity index (χ0) is 13.8. The number of carboxylic acids is 1. The van der Waals surface area contributed by atoms with Gasteiger partial charge in [0, 0.05) is 13.2 Å². The third-order valence-electron chi connectivity index (χ3n) is 2.93. The van der Waals surface area contributed by atoms with Gasteiger partial charge in [0.25, 0.3) is 5.91 Å². The lowest BCUT2D eigenvalue weighted by atomic mass is 10.2. The summed E-state index contributed by atoms with van der Waals surface area (Å²) in [5.41, 5.74) is 0. The molecule has 1 aromatic rings. The second kappa shape index (κ2) is 6.12. The maximum Gasteiger partial charge on any atom is 0.323 e. The van der Waals surface area contributed by atoms with Crippen LogP contribution < -0.4 is 0 Å². The molecule has 1 saturated heterocycles. The van der Waals surface area contributed by atoms with Crippen LogP contribution in [-0.4, -0.2) is 46.6 Å². The van der Waals surface area contributed by atoms with Gasteiger partial charge in [-0.25, -0.2) is 4.98 Å². The molecule has 1 aliphatic rings. The van der Waals surface area contributed by atoms with E-state index in [2.05, 4.69) is 4.98 Å². The summed E-state index contributed by atoms with van der Waals surface area (Å²) < 4.78 is 5.51. The van der Waals surface area contributed by atoms with E-state index in [0.29, 0.717) is 11.4 Å². The number of carboxylic acid groups (broad SMARTS) is 1. The van der Waals surface area contributed by atoms with Crippen LogP contribution in [0.3, 0.4) is 0 Å². The molecule has 104 valence electrons. The summed E-state index contributed by atoms with van der Waals surface area (Å²) in [7, 11) is 0. The summed E-state index contributed by atoms with van der Waals surface area (Å²) in [5, 5.41) is 9.56. The highest BCUT2D eigenvalue weighted by atomic mass is 32.1. The molecule has 1 fully saturated rings. The molecule has 0 bridgehead atoms. The highest BCUT2D eigenvalue weighted by Gasteiger charge is 2.24. The summed E-state index contributed by atoms with van der Waals surface area (Å²) in [4.78, 5) is 28.8. The number of hydrogen-bond donors (Lipinski definition) is 1. The van der Waals surface area contributed by atoms with Crippen LogP contribution in [0.2, 0.25) is 0 Å². The average molecular weight is 284 g/mol. The molecule has 1 amide bonds. The third kappa shape index (κ3) is 3.30. The zero-order valence-corrected chi connectivity index (χ0v) is 11.5. The quantitative estimate of drug-likeness (QED) is 0.887. The monoisotopic (exact) mass is 284 g/mol. The first-order valence-corrected chi connectivity index (χ1v) is 7.02. The highest BCUT2D eigenvalue weighted by molar-refractivity contribution is 7.13. The molecule has 0 saturated carbocycles. The topological polar surface area (TPSA) is 79.7 Å². The number of likely N-dealkylation sites (N-methyl/N-ethyl adjacent to an activating group) is 1. The molecule has 2 rings (SSSR count). The lowest BCUT2D eigenvalue weighted by Crippen LogP contribution is -2.34. The van der Waals surface area contributed by atoms with Crippen LogP contribution in [0.4, 0.5) is 0 Å². The van der Waals surface area contributed by atoms with Crippen molar-refractivity contribution >= 4 is 23.2 Å². The number of thiazole rings is 1. The SMILES string of the molecule is CCN(CC(=O)O)C(=O)c1cnc(C2CCCO2)s1. The van der Waals surface area contributed by atoms with Gasteiger partial charge < -0.3 is 14.7 Å². The zero-order valence-electron chi connectivity index (χ0n) is 10.7. The number of carbonyl (C=O) groups is 2. The Morgan fingerprint density at radius 2 is 2.42 bits per heavy atom. The predicted octanol–water partition coefficient (Wildman–Crippen LogP) is 1.54. The minimum atomic E-state index is -1.01. The maximum atomic E-state index is 12.1. The molecular formula is C12H16N2O4S. The minimum absolute atomic E-state index is 0.0129. The van der Waals surface area contributed by atoms with Gasteiger partial charge in [-0.15, -0.1) is 11.3 Å². The molecule has 6 nitrogen and oxygen atoms in total. The molecule has 2 heterocycles. The van der Waals surface area contributed by atoms with Crippen LogP contribution in [0, 0.1) is 0 Å². The Balaban J connectivity index is 2.08. The highest BCUT2D eigenvalue weighted by Crippen LogP contribution is 2.31. The molecule has 1 N–H and O–H groups in total. The number of carbonyl (C=O) groups excluding carboxylic acids is 1. The van der Waals surface area contributed by atoms with E-state index in [1.807, 2.05) is 0 Å². The van der Waals surface area contributed by atoms with Crippen molar-refractivity contribution in [2.75, 3.05) is 19.7 Å². The Kier molecular flexibility index (Phi) is 4.49. The van der Waals surface area contributed by atoms with Crippen molar-refractivity contribution in [2.45, 2.75) is 25.9 Å². The Morgan fingerprint density at radius 1 is 1.63 bits per heavy atom. The number of nitrogens with zero attached hydrogens (tertiary/aromatic N) is 2. The third-order valence-corrected chi connectivity index (χ3v) is 4.01. The predicted molar refractivity (Wildman–Crippen MR) is 69.3 cm³/mol. The Morgan fingerprint density at radius 3 is 3.00 bits per heavy atom. The molecule has 1 aromatic heterocycles. The summed E-state index contributed by atoms with van der Waals surface area (Å²) >= 11 is 1.29. The number of aliphatic carboxylic acids is 1. The van der Waals surface area contributed by atoms with Crippen LogP contribution in [-0.2, 0) is 9.53 Å². The Labute approximate surface area is 115 Å². The summed E-state index contributed by atoms with van der Waals surface area (Å²) in [6, 6.07) is 0. The fraction of sp³-hybridized carbons (Fsp3) is 0.583. The summed E-state index contributed by atoms with van der Waals surface area (Å²) in [5.74, 6) is -1.30. The van der Waals surface area contributed by atoms with Crippen molar-refractivity contribution in [1.82, 2.24) is 9.88 Å². The van der Waals surface area contributed by atoms with Crippen molar-refractivity contribution in [3.05, 3.63) is 16.1 Å². The normalized spacial score (nSPS) is 18.5. The van der Waals surface area contributed by atoms with Crippen LogP contribution in [0.25, 0.3) is 0 Å². The number of ether oxygens (including phenoxy) is 1. The van der Waals surface area contributed by atoms with E-state index in [1.165, 1.54) is 22.4 Å². The summed E-state index contributed by atoms with van der Waals surface area (Å²) in [6.07, 6.45) is 3.43. The fourth-order valence-electron chi connectivity index (χ4n) is 1.95. The van der Waals surface area contributed by atoms with E-state index in [4.69, 9.17) is 9.84 Å². The number of rotatable bonds is 5. The molecule has 7 heteroatoms. The van der Waals surface area contributed by atoms with Gasteiger partial charge in [0.05, 0.1) is 6.20 Å². The number of hydrogen-bond acceptors (Lipinski definition) is 5. The second-order valence-corrected chi connectivity index (χ2v) is 5.34. The van der Waals surface area contributed by atoms with Crippen LogP contribution in [0.15, 0.2) is 6.20 Å². The smallest absolute Gasteiger partial charge is 0.323 e. The minimum Gasteiger partial charge on any atom is -0.480 e. The van der Waals surface area contributed by atoms with Gasteiger partial charge in [0.1, 0.15) is 22.5 Å². The van der Waals surface area contributed by atoms with Gasteiger partial charge in [-0.1, -0.05) is 0 Å². The molecular weight excluding hydrogens is 268 g/mol. The standard InChI is InChI=1S/C12H16N2O4S/c1-2-14(7-10(15)16)12(17)9-6-13-11(19-9)8-4-3-5-18-8/h6,8H,2-5,7H2,1H3,(H,15,16). The molecule has 0 aliphatic carbocycles. The number of aromatic nitrogens is 1. The van der Waals surface area contributed by atoms with Crippen LogP contribution >= 0.6 is 11.3 Å². The van der Waals surface area contributed by atoms with Gasteiger partial charge in [0.15, 0.2) is 0 Å². The van der Waals surface area contributed by atoms with Gasteiger partial charge in [0.2, 0.25) is 0 Å². The molecule has 1 unspecified atom stereocenters. The van der Waals surface area contributed by atoms with Crippen LogP contribution in [0.5, 0.6) is 0 Å². The van der Waals surface area contributed by atoms with Crippen molar-refractivity contribution in [2.24, 2.45) is 0 Å². The van der Waals surface area contributed by atoms with Gasteiger partial charge in [-0.3, -0.25) is 9.59 Å². The first-order chi connectivity index (χ1) is 9.11. The molecule has 1 atom stereocenters. The molecule has 19 heavy (non-hydrogen) atoms. The molecule has 1 aliphatic heterocycles. The molecule has 0 aromatic carbocycles. The van der Waals surface area contributed by atoms with Crippen molar-refractivity contribution in [3.63, 3.8) is 0 Å². The fourth-order valence-corrected chi connectivity index (χ4v) is 2.92. The van der Waals surface area contributed by atoms with E-state index in [1.54, 1.807) is 6.92 Å². The van der Waals surface area contributed by atoms with E-state index in [-0.39, 0.29) is 18.6 Å². The lowest BCUT2D eigenvalue weighted by molar-refractivity contribution is -0.137. The lowest BCUT2D eigenvalue weighted by Gasteiger charge is -2.16. The van der Waals surface area contributed by atoms with E-state index < -0.39 is 5.97 Å². The first-order valence-electron chi connectivity index (χ1n) is 6.20. The second-order valence-electron chi connectivity index (χ2n) is 4.28. The molecule has 0 spiro atoms. The van der Waals surface area contributed by atoms with E-state index >= 15 is 0 Å². The van der Waals surface area contributed by atoms with Crippen molar-refractivity contribution in [1.29, 1.82) is 0 Å². The van der Waals surface area contributed by atoms with Crippen molar-refractivity contribution < 1.29 is 19.4 Å².